The molecular weight excluding hydrogens is 399 g/mol. The fraction of sp³-hybridized carbons (Fsp3) is 0.348. The van der Waals surface area contributed by atoms with Gasteiger partial charge in [0.05, 0.1) is 6.54 Å². The van der Waals surface area contributed by atoms with Crippen molar-refractivity contribution in [2.45, 2.75) is 38.8 Å². The van der Waals surface area contributed by atoms with Crippen LogP contribution in [0.5, 0.6) is 0 Å². The van der Waals surface area contributed by atoms with Crippen LogP contribution < -0.4 is 16.1 Å². The van der Waals surface area contributed by atoms with Gasteiger partial charge in [0.1, 0.15) is 11.4 Å². The van der Waals surface area contributed by atoms with E-state index in [1.807, 2.05) is 19.9 Å². The normalized spacial score (nSPS) is 19.5. The van der Waals surface area contributed by atoms with Crippen molar-refractivity contribution in [3.05, 3.63) is 71.5 Å². The van der Waals surface area contributed by atoms with E-state index >= 15 is 0 Å². The molecule has 164 valence electrons. The second-order valence-electron chi connectivity index (χ2n) is 7.88. The SMILES string of the molecule is CC[C@]1(c2ccccc2)NC(=O)N(NC(=O)CN[C@H](c2ccc(F)cc2)C(C)C)C1=O. The quantitative estimate of drug-likeness (QED) is 0.566. The summed E-state index contributed by atoms with van der Waals surface area (Å²) in [4.78, 5) is 38.1. The second-order valence-corrected chi connectivity index (χ2v) is 7.88. The maximum absolute atomic E-state index is 13.2. The summed E-state index contributed by atoms with van der Waals surface area (Å²) in [5.74, 6) is -1.27. The van der Waals surface area contributed by atoms with Crippen LogP contribution in [0.3, 0.4) is 0 Å². The molecule has 0 unspecified atom stereocenters. The molecular formula is C23H27FN4O3. The molecule has 31 heavy (non-hydrogen) atoms. The second kappa shape index (κ2) is 9.26. The van der Waals surface area contributed by atoms with E-state index in [-0.39, 0.29) is 24.3 Å². The number of urea groups is 1. The summed E-state index contributed by atoms with van der Waals surface area (Å²) < 4.78 is 13.2. The largest absolute Gasteiger partial charge is 0.344 e. The number of amides is 4. The Labute approximate surface area is 181 Å². The number of hydrogen-bond donors (Lipinski definition) is 3. The number of rotatable bonds is 8. The third kappa shape index (κ3) is 4.59. The Kier molecular flexibility index (Phi) is 6.70. The molecule has 0 radical (unpaired) electrons. The number of halogens is 1. The third-order valence-corrected chi connectivity index (χ3v) is 5.50. The van der Waals surface area contributed by atoms with E-state index in [1.54, 1.807) is 43.3 Å². The molecule has 3 rings (SSSR count). The van der Waals surface area contributed by atoms with Gasteiger partial charge in [0.25, 0.3) is 11.8 Å². The molecule has 1 aliphatic rings. The number of carbonyl (C=O) groups excluding carboxylic acids is 3. The number of benzene rings is 2. The molecule has 7 nitrogen and oxygen atoms in total. The molecule has 2 aromatic carbocycles. The van der Waals surface area contributed by atoms with Crippen molar-refractivity contribution < 1.29 is 18.8 Å². The van der Waals surface area contributed by atoms with Crippen LogP contribution in [0.2, 0.25) is 0 Å². The van der Waals surface area contributed by atoms with E-state index in [1.165, 1.54) is 12.1 Å². The minimum absolute atomic E-state index is 0.123. The van der Waals surface area contributed by atoms with Crippen molar-refractivity contribution in [2.24, 2.45) is 5.92 Å². The average molecular weight is 426 g/mol. The smallest absolute Gasteiger partial charge is 0.318 e. The topological polar surface area (TPSA) is 90.5 Å². The summed E-state index contributed by atoms with van der Waals surface area (Å²) in [7, 11) is 0. The van der Waals surface area contributed by atoms with Crippen molar-refractivity contribution in [3.8, 4) is 0 Å². The zero-order valence-electron chi connectivity index (χ0n) is 17.8. The lowest BCUT2D eigenvalue weighted by Crippen LogP contribution is -2.51. The average Bonchev–Trinajstić information content (AvgIpc) is 3.00. The molecule has 2 aromatic rings. The lowest BCUT2D eigenvalue weighted by atomic mass is 9.87. The van der Waals surface area contributed by atoms with E-state index in [4.69, 9.17) is 0 Å². The summed E-state index contributed by atoms with van der Waals surface area (Å²) in [5.41, 5.74) is 2.68. The Hall–Kier alpha value is -3.26. The van der Waals surface area contributed by atoms with Crippen molar-refractivity contribution >= 4 is 17.8 Å². The number of imide groups is 1. The first-order valence-corrected chi connectivity index (χ1v) is 10.3. The van der Waals surface area contributed by atoms with Crippen LogP contribution in [0.1, 0.15) is 44.4 Å². The van der Waals surface area contributed by atoms with Gasteiger partial charge in [0, 0.05) is 6.04 Å². The molecule has 0 spiro atoms. The predicted octanol–water partition coefficient (Wildman–Crippen LogP) is 3.00. The molecule has 1 fully saturated rings. The lowest BCUT2D eigenvalue weighted by Gasteiger charge is -2.26. The molecule has 2 atom stereocenters. The van der Waals surface area contributed by atoms with E-state index in [0.717, 1.165) is 10.6 Å². The van der Waals surface area contributed by atoms with E-state index in [0.29, 0.717) is 12.0 Å². The fourth-order valence-electron chi connectivity index (χ4n) is 3.81. The number of carbonyl (C=O) groups is 3. The third-order valence-electron chi connectivity index (χ3n) is 5.50. The first kappa shape index (κ1) is 22.4. The molecule has 4 amide bonds. The van der Waals surface area contributed by atoms with Gasteiger partial charge in [-0.3, -0.25) is 15.0 Å². The Balaban J connectivity index is 1.68. The maximum Gasteiger partial charge on any atom is 0.344 e. The zero-order chi connectivity index (χ0) is 22.6. The van der Waals surface area contributed by atoms with Gasteiger partial charge in [-0.25, -0.2) is 9.18 Å². The van der Waals surface area contributed by atoms with Gasteiger partial charge in [-0.2, -0.15) is 5.01 Å². The van der Waals surface area contributed by atoms with Crippen LogP contribution in [-0.4, -0.2) is 29.4 Å². The Morgan fingerprint density at radius 1 is 1.10 bits per heavy atom. The minimum Gasteiger partial charge on any atom is -0.318 e. The van der Waals surface area contributed by atoms with Gasteiger partial charge >= 0.3 is 6.03 Å². The fourth-order valence-corrected chi connectivity index (χ4v) is 3.81. The Morgan fingerprint density at radius 2 is 1.74 bits per heavy atom. The summed E-state index contributed by atoms with van der Waals surface area (Å²) in [5, 5.41) is 6.58. The molecule has 0 aromatic heterocycles. The lowest BCUT2D eigenvalue weighted by molar-refractivity contribution is -0.139. The highest BCUT2D eigenvalue weighted by atomic mass is 19.1. The maximum atomic E-state index is 13.2. The first-order valence-electron chi connectivity index (χ1n) is 10.3. The van der Waals surface area contributed by atoms with Gasteiger partial charge in [0.2, 0.25) is 0 Å². The van der Waals surface area contributed by atoms with Crippen LogP contribution in [0.4, 0.5) is 9.18 Å². The summed E-state index contributed by atoms with van der Waals surface area (Å²) in [6.45, 7) is 5.63. The number of nitrogens with one attached hydrogen (secondary N) is 3. The molecule has 0 saturated carbocycles. The summed E-state index contributed by atoms with van der Waals surface area (Å²) in [6.07, 6.45) is 0.339. The number of nitrogens with zero attached hydrogens (tertiary/aromatic N) is 1. The molecule has 8 heteroatoms. The van der Waals surface area contributed by atoms with E-state index < -0.39 is 23.4 Å². The highest BCUT2D eigenvalue weighted by Crippen LogP contribution is 2.31. The zero-order valence-corrected chi connectivity index (χ0v) is 17.8. The van der Waals surface area contributed by atoms with Crippen LogP contribution in [0, 0.1) is 11.7 Å². The van der Waals surface area contributed by atoms with Crippen LogP contribution >= 0.6 is 0 Å². The Bertz CT molecular complexity index is 949. The van der Waals surface area contributed by atoms with Crippen LogP contribution in [0.25, 0.3) is 0 Å². The standard InChI is InChI=1S/C23H27FN4O3/c1-4-23(17-8-6-5-7-9-17)21(30)28(22(31)26-23)27-19(29)14-25-20(15(2)3)16-10-12-18(24)13-11-16/h5-13,15,20,25H,4,14H2,1-3H3,(H,26,31)(H,27,29)/t20-,23+/m0/s1. The van der Waals surface area contributed by atoms with Crippen LogP contribution in [0.15, 0.2) is 54.6 Å². The van der Waals surface area contributed by atoms with Crippen molar-refractivity contribution in [1.82, 2.24) is 21.1 Å². The van der Waals surface area contributed by atoms with E-state index in [2.05, 4.69) is 16.1 Å². The molecule has 1 aliphatic heterocycles. The monoisotopic (exact) mass is 426 g/mol. The van der Waals surface area contributed by atoms with Gasteiger partial charge in [-0.05, 0) is 35.6 Å². The van der Waals surface area contributed by atoms with E-state index in [9.17, 15) is 18.8 Å². The first-order chi connectivity index (χ1) is 14.8. The van der Waals surface area contributed by atoms with Crippen molar-refractivity contribution in [2.75, 3.05) is 6.54 Å². The van der Waals surface area contributed by atoms with Crippen molar-refractivity contribution in [3.63, 3.8) is 0 Å². The van der Waals surface area contributed by atoms with Crippen LogP contribution in [-0.2, 0) is 15.1 Å². The predicted molar refractivity (Wildman–Crippen MR) is 114 cm³/mol. The number of hydrazine groups is 1. The summed E-state index contributed by atoms with van der Waals surface area (Å²) in [6, 6.07) is 14.1. The Morgan fingerprint density at radius 3 is 2.32 bits per heavy atom. The molecule has 3 N–H and O–H groups in total. The van der Waals surface area contributed by atoms with Gasteiger partial charge in [-0.15, -0.1) is 0 Å². The van der Waals surface area contributed by atoms with Crippen molar-refractivity contribution in [1.29, 1.82) is 0 Å². The number of hydrogen-bond acceptors (Lipinski definition) is 4. The molecule has 0 bridgehead atoms. The summed E-state index contributed by atoms with van der Waals surface area (Å²) >= 11 is 0. The molecule has 0 aliphatic carbocycles. The highest BCUT2D eigenvalue weighted by Gasteiger charge is 2.52. The molecule has 1 heterocycles. The van der Waals surface area contributed by atoms with Gasteiger partial charge in [-0.1, -0.05) is 63.2 Å². The highest BCUT2D eigenvalue weighted by molar-refractivity contribution is 6.08. The molecule has 1 saturated heterocycles. The van der Waals surface area contributed by atoms with Gasteiger partial charge in [0.15, 0.2) is 0 Å². The minimum atomic E-state index is -1.21. The van der Waals surface area contributed by atoms with Gasteiger partial charge < -0.3 is 10.6 Å².